The summed E-state index contributed by atoms with van der Waals surface area (Å²) in [5, 5.41) is 2.30. The molecule has 1 saturated heterocycles. The van der Waals surface area contributed by atoms with Gasteiger partial charge >= 0.3 is 0 Å². The van der Waals surface area contributed by atoms with Crippen LogP contribution >= 0.6 is 0 Å². The van der Waals surface area contributed by atoms with E-state index in [0.717, 1.165) is 37.7 Å². The first kappa shape index (κ1) is 26.4. The van der Waals surface area contributed by atoms with Crippen LogP contribution in [0, 0.1) is 5.92 Å². The van der Waals surface area contributed by atoms with Gasteiger partial charge in [0.25, 0.3) is 0 Å². The molecule has 0 radical (unpaired) electrons. The third-order valence-corrected chi connectivity index (χ3v) is 8.83. The first-order chi connectivity index (χ1) is 16.7. The standard InChI is InChI=1S/C33H49NO/c1-7-9-22-35-34-32(3,4)23-31(24-33(34,5)6)30-20-18-29(19-21-30)28-16-14-27(15-17-28)26-12-10-25(8-2)11-13-26/h14-21,25-26,31H,7-13,22-24H2,1-6H3. The van der Waals surface area contributed by atoms with Crippen molar-refractivity contribution in [1.29, 1.82) is 0 Å². The van der Waals surface area contributed by atoms with Gasteiger partial charge in [-0.15, -0.1) is 0 Å². The lowest BCUT2D eigenvalue weighted by molar-refractivity contribution is -0.283. The van der Waals surface area contributed by atoms with E-state index in [1.165, 1.54) is 60.8 Å². The molecule has 2 nitrogen and oxygen atoms in total. The molecule has 0 amide bonds. The zero-order valence-corrected chi connectivity index (χ0v) is 23.3. The molecule has 0 N–H and O–H groups in total. The van der Waals surface area contributed by atoms with Gasteiger partial charge in [-0.1, -0.05) is 75.2 Å². The van der Waals surface area contributed by atoms with Crippen LogP contribution in [-0.2, 0) is 4.84 Å². The van der Waals surface area contributed by atoms with E-state index in [1.807, 2.05) is 0 Å². The Hall–Kier alpha value is -1.64. The molecule has 2 aliphatic rings. The molecule has 1 saturated carbocycles. The Bertz CT molecular complexity index is 901. The number of unbranched alkanes of at least 4 members (excludes halogenated alkanes) is 1. The zero-order chi connectivity index (χ0) is 25.1. The van der Waals surface area contributed by atoms with Crippen LogP contribution in [-0.4, -0.2) is 22.7 Å². The molecule has 192 valence electrons. The summed E-state index contributed by atoms with van der Waals surface area (Å²) in [5.74, 6) is 2.28. The van der Waals surface area contributed by atoms with E-state index >= 15 is 0 Å². The Labute approximate surface area is 215 Å². The Morgan fingerprint density at radius 1 is 0.714 bits per heavy atom. The number of piperidine rings is 1. The monoisotopic (exact) mass is 475 g/mol. The average Bonchev–Trinajstić information content (AvgIpc) is 2.85. The first-order valence-electron chi connectivity index (χ1n) is 14.4. The van der Waals surface area contributed by atoms with Gasteiger partial charge in [-0.05, 0) is 113 Å². The predicted octanol–water partition coefficient (Wildman–Crippen LogP) is 9.51. The summed E-state index contributed by atoms with van der Waals surface area (Å²) in [6, 6.07) is 18.9. The molecule has 2 heteroatoms. The lowest BCUT2D eigenvalue weighted by Crippen LogP contribution is -2.59. The van der Waals surface area contributed by atoms with Crippen LogP contribution in [0.15, 0.2) is 48.5 Å². The number of hydrogen-bond donors (Lipinski definition) is 0. The van der Waals surface area contributed by atoms with Crippen LogP contribution in [0.25, 0.3) is 11.1 Å². The second-order valence-electron chi connectivity index (χ2n) is 12.6. The molecule has 0 bridgehead atoms. The third kappa shape index (κ3) is 6.20. The predicted molar refractivity (Wildman–Crippen MR) is 150 cm³/mol. The Kier molecular flexibility index (Phi) is 8.44. The van der Waals surface area contributed by atoms with E-state index in [9.17, 15) is 0 Å². The number of hydroxylamine groups is 2. The number of benzene rings is 2. The Morgan fingerprint density at radius 3 is 1.66 bits per heavy atom. The molecule has 1 aliphatic carbocycles. The van der Waals surface area contributed by atoms with Crippen LogP contribution in [0.1, 0.15) is 122 Å². The van der Waals surface area contributed by atoms with E-state index in [0.29, 0.717) is 5.92 Å². The highest BCUT2D eigenvalue weighted by Gasteiger charge is 2.46. The fraction of sp³-hybridized carbons (Fsp3) is 0.636. The van der Waals surface area contributed by atoms with Gasteiger partial charge in [0.05, 0.1) is 6.61 Å². The van der Waals surface area contributed by atoms with Gasteiger partial charge in [0.2, 0.25) is 0 Å². The van der Waals surface area contributed by atoms with E-state index in [-0.39, 0.29) is 11.1 Å². The molecule has 0 aromatic heterocycles. The van der Waals surface area contributed by atoms with Gasteiger partial charge in [-0.2, -0.15) is 5.06 Å². The van der Waals surface area contributed by atoms with Crippen molar-refractivity contribution in [3.8, 4) is 11.1 Å². The molecule has 2 aromatic carbocycles. The van der Waals surface area contributed by atoms with Gasteiger partial charge in [0, 0.05) is 11.1 Å². The zero-order valence-electron chi connectivity index (χ0n) is 23.3. The SMILES string of the molecule is CCCCON1C(C)(C)CC(c2ccc(-c3ccc(C4CCC(CC)CC4)cc3)cc2)CC1(C)C. The van der Waals surface area contributed by atoms with Crippen molar-refractivity contribution in [3.63, 3.8) is 0 Å². The van der Waals surface area contributed by atoms with Crippen LogP contribution in [0.5, 0.6) is 0 Å². The molecule has 4 rings (SSSR count). The fourth-order valence-corrected chi connectivity index (χ4v) is 6.95. The third-order valence-electron chi connectivity index (χ3n) is 8.83. The van der Waals surface area contributed by atoms with E-state index < -0.39 is 0 Å². The van der Waals surface area contributed by atoms with Gasteiger partial charge in [0.1, 0.15) is 0 Å². The number of rotatable bonds is 8. The maximum absolute atomic E-state index is 6.31. The maximum Gasteiger partial charge on any atom is 0.0685 e. The van der Waals surface area contributed by atoms with E-state index in [2.05, 4.69) is 95.1 Å². The highest BCUT2D eigenvalue weighted by molar-refractivity contribution is 5.64. The molecule has 2 fully saturated rings. The Morgan fingerprint density at radius 2 is 1.20 bits per heavy atom. The van der Waals surface area contributed by atoms with Gasteiger partial charge in [-0.25, -0.2) is 0 Å². The second kappa shape index (κ2) is 11.2. The largest absolute Gasteiger partial charge is 0.298 e. The summed E-state index contributed by atoms with van der Waals surface area (Å²) < 4.78 is 0. The van der Waals surface area contributed by atoms with Gasteiger partial charge < -0.3 is 0 Å². The molecule has 35 heavy (non-hydrogen) atoms. The molecule has 1 aliphatic heterocycles. The summed E-state index contributed by atoms with van der Waals surface area (Å²) in [6.07, 6.45) is 11.4. The highest BCUT2D eigenvalue weighted by atomic mass is 16.7. The summed E-state index contributed by atoms with van der Waals surface area (Å²) in [6.45, 7) is 14.8. The van der Waals surface area contributed by atoms with Crippen molar-refractivity contribution in [3.05, 3.63) is 59.7 Å². The van der Waals surface area contributed by atoms with Crippen LogP contribution < -0.4 is 0 Å². The lowest BCUT2D eigenvalue weighted by Gasteiger charge is -2.54. The first-order valence-corrected chi connectivity index (χ1v) is 14.4. The summed E-state index contributed by atoms with van der Waals surface area (Å²) in [4.78, 5) is 6.31. The van der Waals surface area contributed by atoms with Crippen molar-refractivity contribution < 1.29 is 4.84 Å². The van der Waals surface area contributed by atoms with Crippen LogP contribution in [0.3, 0.4) is 0 Å². The smallest absolute Gasteiger partial charge is 0.0685 e. The minimum atomic E-state index is 0.0188. The van der Waals surface area contributed by atoms with Crippen molar-refractivity contribution in [1.82, 2.24) is 5.06 Å². The van der Waals surface area contributed by atoms with Crippen molar-refractivity contribution >= 4 is 0 Å². The summed E-state index contributed by atoms with van der Waals surface area (Å²) >= 11 is 0. The fourth-order valence-electron chi connectivity index (χ4n) is 6.95. The van der Waals surface area contributed by atoms with Crippen LogP contribution in [0.4, 0.5) is 0 Å². The highest BCUT2D eigenvalue weighted by Crippen LogP contribution is 2.46. The minimum absolute atomic E-state index is 0.0188. The molecule has 0 unspecified atom stereocenters. The van der Waals surface area contributed by atoms with E-state index in [1.54, 1.807) is 0 Å². The van der Waals surface area contributed by atoms with Crippen LogP contribution in [0.2, 0.25) is 0 Å². The van der Waals surface area contributed by atoms with Crippen molar-refractivity contribution in [2.24, 2.45) is 5.92 Å². The van der Waals surface area contributed by atoms with Gasteiger partial charge in [-0.3, -0.25) is 4.84 Å². The molecule has 0 spiro atoms. The summed E-state index contributed by atoms with van der Waals surface area (Å²) in [5.41, 5.74) is 5.71. The second-order valence-corrected chi connectivity index (χ2v) is 12.6. The van der Waals surface area contributed by atoms with E-state index in [4.69, 9.17) is 4.84 Å². The van der Waals surface area contributed by atoms with Gasteiger partial charge in [0.15, 0.2) is 0 Å². The van der Waals surface area contributed by atoms with Crippen molar-refractivity contribution in [2.75, 3.05) is 6.61 Å². The quantitative estimate of drug-likeness (QED) is 0.352. The normalized spacial score (nSPS) is 25.0. The minimum Gasteiger partial charge on any atom is -0.298 e. The average molecular weight is 476 g/mol. The number of nitrogens with zero attached hydrogens (tertiary/aromatic N) is 1. The molecule has 1 heterocycles. The molecule has 2 aromatic rings. The molecule has 0 atom stereocenters. The number of hydrogen-bond acceptors (Lipinski definition) is 2. The Balaban J connectivity index is 1.42. The maximum atomic E-state index is 6.31. The molecular formula is C33H49NO. The lowest BCUT2D eigenvalue weighted by atomic mass is 9.72. The molecular weight excluding hydrogens is 426 g/mol. The summed E-state index contributed by atoms with van der Waals surface area (Å²) in [7, 11) is 0. The topological polar surface area (TPSA) is 12.5 Å². The van der Waals surface area contributed by atoms with Crippen molar-refractivity contribution in [2.45, 2.75) is 122 Å².